The topological polar surface area (TPSA) is 43.8 Å². The first-order chi connectivity index (χ1) is 10.3. The van der Waals surface area contributed by atoms with Crippen LogP contribution < -0.4 is 5.73 Å². The maximum atomic E-state index is 5.69. The van der Waals surface area contributed by atoms with E-state index in [4.69, 9.17) is 5.73 Å². The van der Waals surface area contributed by atoms with E-state index in [-0.39, 0.29) is 0 Å². The molecule has 2 N–H and O–H groups in total. The maximum Gasteiger partial charge on any atom is 0.0568 e. The van der Waals surface area contributed by atoms with E-state index in [0.717, 1.165) is 25.1 Å². The number of anilines is 1. The summed E-state index contributed by atoms with van der Waals surface area (Å²) in [4.78, 5) is 0. The lowest BCUT2D eigenvalue weighted by atomic mass is 10.1. The van der Waals surface area contributed by atoms with Gasteiger partial charge in [-0.05, 0) is 36.1 Å². The van der Waals surface area contributed by atoms with Crippen LogP contribution in [0.25, 0.3) is 11.1 Å². The minimum absolute atomic E-state index is 0.818. The number of nitrogens with two attached hydrogens (primary N) is 1. The van der Waals surface area contributed by atoms with E-state index < -0.39 is 0 Å². The molecule has 0 saturated carbocycles. The van der Waals surface area contributed by atoms with Gasteiger partial charge in [0.15, 0.2) is 0 Å². The predicted molar refractivity (Wildman–Crippen MR) is 86.8 cm³/mol. The molecule has 0 radical (unpaired) electrons. The normalized spacial score (nSPS) is 10.7. The van der Waals surface area contributed by atoms with E-state index in [0.29, 0.717) is 0 Å². The van der Waals surface area contributed by atoms with E-state index >= 15 is 0 Å². The molecule has 0 unspecified atom stereocenters. The highest BCUT2D eigenvalue weighted by molar-refractivity contribution is 5.61. The Kier molecular flexibility index (Phi) is 4.01. The zero-order valence-corrected chi connectivity index (χ0v) is 11.9. The molecular weight excluding hydrogens is 258 g/mol. The second-order valence-electron chi connectivity index (χ2n) is 5.20. The minimum atomic E-state index is 0.818. The standard InChI is InChI=1S/C18H19N3/c19-18-10-8-15(9-11-18)5-4-12-21-14-17(13-20-21)16-6-2-1-3-7-16/h1-3,6-11,13-14H,4-5,12,19H2. The summed E-state index contributed by atoms with van der Waals surface area (Å²) >= 11 is 0. The monoisotopic (exact) mass is 277 g/mol. The fourth-order valence-corrected chi connectivity index (χ4v) is 2.40. The van der Waals surface area contributed by atoms with Gasteiger partial charge in [0, 0.05) is 24.0 Å². The summed E-state index contributed by atoms with van der Waals surface area (Å²) < 4.78 is 2.01. The highest BCUT2D eigenvalue weighted by atomic mass is 15.3. The Morgan fingerprint density at radius 3 is 2.43 bits per heavy atom. The summed E-state index contributed by atoms with van der Waals surface area (Å²) in [6, 6.07) is 18.4. The van der Waals surface area contributed by atoms with Crippen molar-refractivity contribution < 1.29 is 0 Å². The smallest absolute Gasteiger partial charge is 0.0568 e. The zero-order chi connectivity index (χ0) is 14.5. The average Bonchev–Trinajstić information content (AvgIpc) is 2.99. The van der Waals surface area contributed by atoms with E-state index in [1.807, 2.05) is 41.2 Å². The number of benzene rings is 2. The van der Waals surface area contributed by atoms with Crippen molar-refractivity contribution in [2.24, 2.45) is 0 Å². The van der Waals surface area contributed by atoms with Gasteiger partial charge in [-0.15, -0.1) is 0 Å². The fourth-order valence-electron chi connectivity index (χ4n) is 2.40. The number of nitrogen functional groups attached to an aromatic ring is 1. The Morgan fingerprint density at radius 1 is 0.905 bits per heavy atom. The van der Waals surface area contributed by atoms with Crippen molar-refractivity contribution in [3.05, 3.63) is 72.6 Å². The fraction of sp³-hybridized carbons (Fsp3) is 0.167. The third kappa shape index (κ3) is 3.51. The Bertz CT molecular complexity index is 684. The van der Waals surface area contributed by atoms with Gasteiger partial charge in [0.2, 0.25) is 0 Å². The van der Waals surface area contributed by atoms with Crippen molar-refractivity contribution in [3.63, 3.8) is 0 Å². The van der Waals surface area contributed by atoms with Gasteiger partial charge in [0.05, 0.1) is 6.20 Å². The average molecular weight is 277 g/mol. The maximum absolute atomic E-state index is 5.69. The summed E-state index contributed by atoms with van der Waals surface area (Å²) in [5.74, 6) is 0. The second-order valence-corrected chi connectivity index (χ2v) is 5.20. The molecule has 0 aliphatic carbocycles. The summed E-state index contributed by atoms with van der Waals surface area (Å²) in [7, 11) is 0. The molecule has 3 rings (SSSR count). The van der Waals surface area contributed by atoms with Crippen LogP contribution in [0.2, 0.25) is 0 Å². The molecular formula is C18H19N3. The molecule has 1 aromatic heterocycles. The van der Waals surface area contributed by atoms with Crippen LogP contribution in [-0.2, 0) is 13.0 Å². The van der Waals surface area contributed by atoms with E-state index in [2.05, 4.69) is 35.6 Å². The summed E-state index contributed by atoms with van der Waals surface area (Å²) in [6.45, 7) is 0.928. The molecule has 0 atom stereocenters. The number of hydrogen-bond donors (Lipinski definition) is 1. The van der Waals surface area contributed by atoms with Crippen LogP contribution in [0.4, 0.5) is 5.69 Å². The zero-order valence-electron chi connectivity index (χ0n) is 11.9. The molecule has 0 aliphatic heterocycles. The lowest BCUT2D eigenvalue weighted by Gasteiger charge is -2.03. The molecule has 0 aliphatic rings. The number of rotatable bonds is 5. The lowest BCUT2D eigenvalue weighted by molar-refractivity contribution is 0.579. The van der Waals surface area contributed by atoms with Crippen LogP contribution in [0, 0.1) is 0 Å². The third-order valence-electron chi connectivity index (χ3n) is 3.57. The Hall–Kier alpha value is -2.55. The quantitative estimate of drug-likeness (QED) is 0.721. The largest absolute Gasteiger partial charge is 0.399 e. The first-order valence-electron chi connectivity index (χ1n) is 7.23. The third-order valence-corrected chi connectivity index (χ3v) is 3.57. The van der Waals surface area contributed by atoms with Gasteiger partial charge in [0.25, 0.3) is 0 Å². The number of nitrogens with zero attached hydrogens (tertiary/aromatic N) is 2. The van der Waals surface area contributed by atoms with Crippen molar-refractivity contribution in [2.45, 2.75) is 19.4 Å². The van der Waals surface area contributed by atoms with Gasteiger partial charge in [-0.2, -0.15) is 5.10 Å². The predicted octanol–water partition coefficient (Wildman–Crippen LogP) is 3.77. The van der Waals surface area contributed by atoms with Crippen molar-refractivity contribution in [1.82, 2.24) is 9.78 Å². The molecule has 0 saturated heterocycles. The van der Waals surface area contributed by atoms with E-state index in [9.17, 15) is 0 Å². The van der Waals surface area contributed by atoms with Gasteiger partial charge >= 0.3 is 0 Å². The molecule has 3 aromatic rings. The molecule has 0 fully saturated rings. The number of hydrogen-bond acceptors (Lipinski definition) is 2. The van der Waals surface area contributed by atoms with Crippen molar-refractivity contribution in [1.29, 1.82) is 0 Å². The van der Waals surface area contributed by atoms with Crippen molar-refractivity contribution in [2.75, 3.05) is 5.73 Å². The van der Waals surface area contributed by atoms with Gasteiger partial charge in [-0.3, -0.25) is 4.68 Å². The van der Waals surface area contributed by atoms with Crippen molar-refractivity contribution >= 4 is 5.69 Å². The Morgan fingerprint density at radius 2 is 1.67 bits per heavy atom. The molecule has 21 heavy (non-hydrogen) atoms. The molecule has 0 bridgehead atoms. The molecule has 106 valence electrons. The Balaban J connectivity index is 1.57. The molecule has 3 heteroatoms. The van der Waals surface area contributed by atoms with Crippen LogP contribution >= 0.6 is 0 Å². The van der Waals surface area contributed by atoms with Crippen LogP contribution in [0.3, 0.4) is 0 Å². The summed E-state index contributed by atoms with van der Waals surface area (Å²) in [6.07, 6.45) is 6.15. The molecule has 0 amide bonds. The number of aromatic nitrogens is 2. The van der Waals surface area contributed by atoms with Gasteiger partial charge < -0.3 is 5.73 Å². The lowest BCUT2D eigenvalue weighted by Crippen LogP contribution is -1.99. The molecule has 1 heterocycles. The van der Waals surface area contributed by atoms with Gasteiger partial charge in [-0.1, -0.05) is 42.5 Å². The highest BCUT2D eigenvalue weighted by Gasteiger charge is 2.01. The molecule has 0 spiro atoms. The van der Waals surface area contributed by atoms with Crippen LogP contribution in [-0.4, -0.2) is 9.78 Å². The van der Waals surface area contributed by atoms with Gasteiger partial charge in [0.1, 0.15) is 0 Å². The minimum Gasteiger partial charge on any atom is -0.399 e. The first-order valence-corrected chi connectivity index (χ1v) is 7.23. The first kappa shape index (κ1) is 13.4. The van der Waals surface area contributed by atoms with E-state index in [1.165, 1.54) is 16.7 Å². The summed E-state index contributed by atoms with van der Waals surface area (Å²) in [5.41, 5.74) is 10.2. The van der Waals surface area contributed by atoms with Gasteiger partial charge in [-0.25, -0.2) is 0 Å². The Labute approximate surface area is 125 Å². The second kappa shape index (κ2) is 6.27. The SMILES string of the molecule is Nc1ccc(CCCn2cc(-c3ccccc3)cn2)cc1. The summed E-state index contributed by atoms with van der Waals surface area (Å²) in [5, 5.41) is 4.43. The van der Waals surface area contributed by atoms with Crippen LogP contribution in [0.5, 0.6) is 0 Å². The van der Waals surface area contributed by atoms with E-state index in [1.54, 1.807) is 0 Å². The molecule has 3 nitrogen and oxygen atoms in total. The van der Waals surface area contributed by atoms with Crippen LogP contribution in [0.15, 0.2) is 67.0 Å². The molecule has 2 aromatic carbocycles. The van der Waals surface area contributed by atoms with Crippen molar-refractivity contribution in [3.8, 4) is 11.1 Å². The number of aryl methyl sites for hydroxylation is 2. The van der Waals surface area contributed by atoms with Crippen LogP contribution in [0.1, 0.15) is 12.0 Å². The highest BCUT2D eigenvalue weighted by Crippen LogP contribution is 2.17.